The molecule has 2 saturated heterocycles. The van der Waals surface area contributed by atoms with Gasteiger partial charge in [-0.2, -0.15) is 0 Å². The Bertz CT molecular complexity index is 916. The molecule has 2 aliphatic rings. The van der Waals surface area contributed by atoms with Crippen molar-refractivity contribution in [3.8, 4) is 0 Å². The first-order valence-corrected chi connectivity index (χ1v) is 10.4. The van der Waals surface area contributed by atoms with Crippen molar-refractivity contribution < 1.29 is 22.5 Å². The molecule has 0 aromatic heterocycles. The van der Waals surface area contributed by atoms with E-state index in [2.05, 4.69) is 0 Å². The molecule has 1 amide bonds. The molecule has 0 aliphatic carbocycles. The van der Waals surface area contributed by atoms with Crippen molar-refractivity contribution >= 4 is 21.4 Å². The number of nitrogens with zero attached hydrogens (tertiary/aromatic N) is 1. The minimum absolute atomic E-state index is 0.00871. The smallest absolute Gasteiger partial charge is 0.282 e. The molecular formula is C19H20FN2O3S+. The number of para-hydroxylation sites is 1. The minimum atomic E-state index is -3.20. The summed E-state index contributed by atoms with van der Waals surface area (Å²) in [5.74, 6) is -0.322. The maximum Gasteiger partial charge on any atom is 0.282 e. The molecular weight excluding hydrogens is 355 g/mol. The van der Waals surface area contributed by atoms with Crippen LogP contribution in [-0.2, 0) is 21.2 Å². The highest BCUT2D eigenvalue weighted by Gasteiger charge is 2.52. The van der Waals surface area contributed by atoms with Crippen LogP contribution >= 0.6 is 0 Å². The number of carbonyl (C=O) groups excluding carboxylic acids is 1. The Morgan fingerprint density at radius 1 is 1.04 bits per heavy atom. The molecule has 136 valence electrons. The maximum atomic E-state index is 13.1. The van der Waals surface area contributed by atoms with E-state index in [1.807, 2.05) is 30.3 Å². The van der Waals surface area contributed by atoms with Gasteiger partial charge in [0, 0.05) is 11.3 Å². The Labute approximate surface area is 152 Å². The zero-order chi connectivity index (χ0) is 18.3. The van der Waals surface area contributed by atoms with Gasteiger partial charge in [0.2, 0.25) is 0 Å². The van der Waals surface area contributed by atoms with E-state index in [4.69, 9.17) is 0 Å². The van der Waals surface area contributed by atoms with Crippen LogP contribution in [0.2, 0.25) is 0 Å². The number of carbonyl (C=O) groups is 1. The molecule has 3 atom stereocenters. The summed E-state index contributed by atoms with van der Waals surface area (Å²) in [6.45, 7) is 0.730. The number of halogens is 1. The molecule has 0 saturated carbocycles. The summed E-state index contributed by atoms with van der Waals surface area (Å²) < 4.78 is 37.8. The highest BCUT2D eigenvalue weighted by molar-refractivity contribution is 7.91. The summed E-state index contributed by atoms with van der Waals surface area (Å²) in [6.07, 6.45) is 0. The van der Waals surface area contributed by atoms with E-state index in [1.165, 1.54) is 12.1 Å². The van der Waals surface area contributed by atoms with Gasteiger partial charge in [0.15, 0.2) is 16.4 Å². The van der Waals surface area contributed by atoms with Gasteiger partial charge in [-0.1, -0.05) is 30.3 Å². The van der Waals surface area contributed by atoms with E-state index in [1.54, 1.807) is 17.0 Å². The molecule has 2 aromatic carbocycles. The largest absolute Gasteiger partial charge is 0.318 e. The van der Waals surface area contributed by atoms with Crippen LogP contribution in [-0.4, -0.2) is 44.5 Å². The lowest BCUT2D eigenvalue weighted by molar-refractivity contribution is -0.931. The SMILES string of the molecule is O=C1C[NH+](Cc2ccc(F)cc2)[C@H]2CS(=O)(=O)C[C@@H]2N1c1ccccc1. The molecule has 2 heterocycles. The van der Waals surface area contributed by atoms with Crippen LogP contribution in [0.4, 0.5) is 10.1 Å². The van der Waals surface area contributed by atoms with Crippen LogP contribution in [0, 0.1) is 5.82 Å². The Kier molecular flexibility index (Phi) is 4.28. The van der Waals surface area contributed by atoms with Gasteiger partial charge in [-0.15, -0.1) is 0 Å². The van der Waals surface area contributed by atoms with Crippen LogP contribution in [0.5, 0.6) is 0 Å². The first kappa shape index (κ1) is 17.2. The van der Waals surface area contributed by atoms with E-state index in [9.17, 15) is 17.6 Å². The lowest BCUT2D eigenvalue weighted by Crippen LogP contribution is -3.19. The molecule has 0 bridgehead atoms. The van der Waals surface area contributed by atoms with E-state index < -0.39 is 9.84 Å². The third kappa shape index (κ3) is 3.24. The van der Waals surface area contributed by atoms with Crippen LogP contribution in [0.1, 0.15) is 5.56 Å². The Balaban J connectivity index is 1.65. The number of nitrogens with one attached hydrogen (secondary N) is 1. The Morgan fingerprint density at radius 2 is 1.73 bits per heavy atom. The van der Waals surface area contributed by atoms with Gasteiger partial charge in [0.05, 0.1) is 5.75 Å². The molecule has 0 spiro atoms. The monoisotopic (exact) mass is 375 g/mol. The van der Waals surface area contributed by atoms with Gasteiger partial charge in [0.1, 0.15) is 30.2 Å². The molecule has 4 rings (SSSR count). The predicted octanol–water partition coefficient (Wildman–Crippen LogP) is 0.423. The molecule has 26 heavy (non-hydrogen) atoms. The topological polar surface area (TPSA) is 58.9 Å². The van der Waals surface area contributed by atoms with E-state index >= 15 is 0 Å². The molecule has 1 N–H and O–H groups in total. The fourth-order valence-corrected chi connectivity index (χ4v) is 6.09. The van der Waals surface area contributed by atoms with Crippen molar-refractivity contribution in [1.29, 1.82) is 0 Å². The number of anilines is 1. The summed E-state index contributed by atoms with van der Waals surface area (Å²) in [6, 6.07) is 14.9. The van der Waals surface area contributed by atoms with Crippen molar-refractivity contribution in [1.82, 2.24) is 0 Å². The third-order valence-corrected chi connectivity index (χ3v) is 6.92. The third-order valence-electron chi connectivity index (χ3n) is 5.20. The van der Waals surface area contributed by atoms with E-state index in [0.29, 0.717) is 6.54 Å². The summed E-state index contributed by atoms with van der Waals surface area (Å²) in [7, 11) is -3.20. The minimum Gasteiger partial charge on any atom is -0.318 e. The average Bonchev–Trinajstić information content (AvgIpc) is 2.93. The summed E-state index contributed by atoms with van der Waals surface area (Å²) in [4.78, 5) is 15.4. The zero-order valence-corrected chi connectivity index (χ0v) is 15.0. The number of sulfone groups is 1. The van der Waals surface area contributed by atoms with E-state index in [-0.39, 0.29) is 41.9 Å². The van der Waals surface area contributed by atoms with Crippen LogP contribution < -0.4 is 9.80 Å². The van der Waals surface area contributed by atoms with Crippen molar-refractivity contribution in [2.45, 2.75) is 18.6 Å². The molecule has 2 aliphatic heterocycles. The molecule has 1 unspecified atom stereocenters. The Hall–Kier alpha value is -2.25. The van der Waals surface area contributed by atoms with Crippen molar-refractivity contribution in [2.24, 2.45) is 0 Å². The average molecular weight is 375 g/mol. The second-order valence-corrected chi connectivity index (χ2v) is 9.14. The molecule has 2 aromatic rings. The molecule has 2 fully saturated rings. The zero-order valence-electron chi connectivity index (χ0n) is 14.1. The number of hydrogen-bond donors (Lipinski definition) is 1. The van der Waals surface area contributed by atoms with Crippen molar-refractivity contribution in [3.63, 3.8) is 0 Å². The number of hydrogen-bond acceptors (Lipinski definition) is 3. The van der Waals surface area contributed by atoms with Crippen molar-refractivity contribution in [2.75, 3.05) is 23.0 Å². The lowest BCUT2D eigenvalue weighted by atomic mass is 10.0. The number of piperazine rings is 1. The summed E-state index contributed by atoms with van der Waals surface area (Å²) >= 11 is 0. The standard InChI is InChI=1S/C19H19FN2O3S/c20-15-8-6-14(7-9-15)10-21-11-19(23)22(16-4-2-1-3-5-16)18-13-26(24,25)12-17(18)21/h1-9,17-18H,10-13H2/p+1/t17-,18-/m0/s1. The first-order valence-electron chi connectivity index (χ1n) is 8.59. The first-order chi connectivity index (χ1) is 12.4. The number of benzene rings is 2. The number of fused-ring (bicyclic) bond motifs is 1. The molecule has 7 heteroatoms. The second-order valence-electron chi connectivity index (χ2n) is 6.99. The fourth-order valence-electron chi connectivity index (χ4n) is 4.05. The van der Waals surface area contributed by atoms with E-state index in [0.717, 1.165) is 16.2 Å². The number of rotatable bonds is 3. The predicted molar refractivity (Wildman–Crippen MR) is 96.1 cm³/mol. The fraction of sp³-hybridized carbons (Fsp3) is 0.316. The van der Waals surface area contributed by atoms with Crippen molar-refractivity contribution in [3.05, 3.63) is 66.0 Å². The second kappa shape index (κ2) is 6.48. The Morgan fingerprint density at radius 3 is 2.42 bits per heavy atom. The van der Waals surface area contributed by atoms with Gasteiger partial charge >= 0.3 is 0 Å². The van der Waals surface area contributed by atoms with Gasteiger partial charge in [-0.05, 0) is 24.3 Å². The highest BCUT2D eigenvalue weighted by Crippen LogP contribution is 2.26. The normalized spacial score (nSPS) is 27.3. The van der Waals surface area contributed by atoms with Gasteiger partial charge in [-0.25, -0.2) is 12.8 Å². The van der Waals surface area contributed by atoms with Crippen LogP contribution in [0.15, 0.2) is 54.6 Å². The van der Waals surface area contributed by atoms with Crippen LogP contribution in [0.3, 0.4) is 0 Å². The van der Waals surface area contributed by atoms with Gasteiger partial charge in [0.25, 0.3) is 5.91 Å². The molecule has 0 radical (unpaired) electrons. The maximum absolute atomic E-state index is 13.1. The summed E-state index contributed by atoms with van der Waals surface area (Å²) in [5.41, 5.74) is 1.64. The lowest BCUT2D eigenvalue weighted by Gasteiger charge is -2.40. The molecule has 5 nitrogen and oxygen atoms in total. The number of quaternary nitrogens is 1. The van der Waals surface area contributed by atoms with Crippen LogP contribution in [0.25, 0.3) is 0 Å². The highest BCUT2D eigenvalue weighted by atomic mass is 32.2. The van der Waals surface area contributed by atoms with Gasteiger partial charge in [-0.3, -0.25) is 9.69 Å². The summed E-state index contributed by atoms with van der Waals surface area (Å²) in [5, 5.41) is 0. The quantitative estimate of drug-likeness (QED) is 0.846. The number of amides is 1. The van der Waals surface area contributed by atoms with Gasteiger partial charge < -0.3 is 4.90 Å².